The van der Waals surface area contributed by atoms with Crippen LogP contribution in [0.15, 0.2) is 88.3 Å². The van der Waals surface area contributed by atoms with Crippen molar-refractivity contribution in [3.63, 3.8) is 0 Å². The van der Waals surface area contributed by atoms with E-state index in [1.807, 2.05) is 49.4 Å². The summed E-state index contributed by atoms with van der Waals surface area (Å²) in [6.45, 7) is 10.8. The monoisotopic (exact) mass is 476 g/mol. The van der Waals surface area contributed by atoms with Crippen LogP contribution in [-0.4, -0.2) is 18.7 Å². The number of ether oxygens (including phenoxy) is 1. The zero-order valence-corrected chi connectivity index (χ0v) is 21.9. The highest BCUT2D eigenvalue weighted by molar-refractivity contribution is 6.24. The van der Waals surface area contributed by atoms with Crippen molar-refractivity contribution < 1.29 is 9.53 Å². The highest BCUT2D eigenvalue weighted by Crippen LogP contribution is 2.41. The summed E-state index contributed by atoms with van der Waals surface area (Å²) in [4.78, 5) is 19.6. The normalized spacial score (nSPS) is 19.3. The molecule has 0 atom stereocenters. The Kier molecular flexibility index (Phi) is 6.13. The first-order valence-corrected chi connectivity index (χ1v) is 12.4. The van der Waals surface area contributed by atoms with Crippen molar-refractivity contribution in [2.24, 2.45) is 4.99 Å². The van der Waals surface area contributed by atoms with E-state index in [2.05, 4.69) is 62.9 Å². The summed E-state index contributed by atoms with van der Waals surface area (Å²) < 4.78 is 5.55. The van der Waals surface area contributed by atoms with Crippen molar-refractivity contribution in [1.82, 2.24) is 0 Å². The smallest absolute Gasteiger partial charge is 0.345 e. The van der Waals surface area contributed by atoms with Gasteiger partial charge in [0.15, 0.2) is 0 Å². The highest BCUT2D eigenvalue weighted by atomic mass is 16.5. The zero-order chi connectivity index (χ0) is 25.6. The van der Waals surface area contributed by atoms with Crippen molar-refractivity contribution in [2.45, 2.75) is 47.5 Å². The van der Waals surface area contributed by atoms with Crippen LogP contribution in [0.4, 0.5) is 11.4 Å². The third-order valence-electron chi connectivity index (χ3n) is 7.82. The zero-order valence-electron chi connectivity index (χ0n) is 21.9. The molecule has 0 fully saturated rings. The maximum atomic E-state index is 12.6. The number of nitrogens with zero attached hydrogens (tertiary/aromatic N) is 2. The number of para-hydroxylation sites is 1. The Hall–Kier alpha value is -3.92. The number of esters is 1. The molecule has 0 N–H and O–H groups in total. The third-order valence-corrected chi connectivity index (χ3v) is 7.82. The maximum absolute atomic E-state index is 12.6. The summed E-state index contributed by atoms with van der Waals surface area (Å²) in [5.41, 5.74) is 13.9. The molecule has 0 aromatic heterocycles. The van der Waals surface area contributed by atoms with Gasteiger partial charge in [-0.25, -0.2) is 4.79 Å². The topological polar surface area (TPSA) is 41.9 Å². The van der Waals surface area contributed by atoms with E-state index in [0.717, 1.165) is 29.0 Å². The number of anilines is 1. The van der Waals surface area contributed by atoms with Crippen LogP contribution in [0.2, 0.25) is 0 Å². The van der Waals surface area contributed by atoms with Crippen molar-refractivity contribution in [1.29, 1.82) is 0 Å². The molecule has 4 nitrogen and oxygen atoms in total. The van der Waals surface area contributed by atoms with E-state index < -0.39 is 0 Å². The van der Waals surface area contributed by atoms with Gasteiger partial charge in [0.25, 0.3) is 0 Å². The standard InChI is InChI=1S/C32H32N2O2/c1-19-20(2)22(4)31-26(21(19)3)18-25(34(31)6)14-9-7-8-10-16-29-23(5)30(32(35)36-29)28-17-24-13-11-12-15-27(24)33-28/h7-16H,17-18H2,1-6H3/b9-7+,10-8+,25-14+,29-16+. The van der Waals surface area contributed by atoms with Crippen LogP contribution in [0.3, 0.4) is 0 Å². The minimum Gasteiger partial charge on any atom is -0.423 e. The van der Waals surface area contributed by atoms with Gasteiger partial charge in [-0.3, -0.25) is 4.99 Å². The largest absolute Gasteiger partial charge is 0.423 e. The quantitative estimate of drug-likeness (QED) is 0.353. The van der Waals surface area contributed by atoms with E-state index >= 15 is 0 Å². The molecule has 0 unspecified atom stereocenters. The molecular formula is C32H32N2O2. The summed E-state index contributed by atoms with van der Waals surface area (Å²) in [5.74, 6) is 0.262. The molecule has 5 rings (SSSR count). The van der Waals surface area contributed by atoms with Crippen LogP contribution in [0, 0.1) is 27.7 Å². The number of fused-ring (bicyclic) bond motifs is 2. The summed E-state index contributed by atoms with van der Waals surface area (Å²) >= 11 is 0. The van der Waals surface area contributed by atoms with Crippen LogP contribution < -0.4 is 4.90 Å². The van der Waals surface area contributed by atoms with Crippen LogP contribution in [0.5, 0.6) is 0 Å². The first kappa shape index (κ1) is 23.8. The fourth-order valence-corrected chi connectivity index (χ4v) is 5.37. The Morgan fingerprint density at radius 1 is 0.861 bits per heavy atom. The number of carbonyl (C=O) groups is 1. The highest BCUT2D eigenvalue weighted by Gasteiger charge is 2.32. The Labute approximate surface area is 213 Å². The molecular weight excluding hydrogens is 444 g/mol. The van der Waals surface area contributed by atoms with Gasteiger partial charge in [-0.15, -0.1) is 0 Å². The predicted octanol–water partition coefficient (Wildman–Crippen LogP) is 6.99. The van der Waals surface area contributed by atoms with E-state index in [1.54, 1.807) is 0 Å². The Morgan fingerprint density at radius 3 is 2.31 bits per heavy atom. The lowest BCUT2D eigenvalue weighted by molar-refractivity contribution is -0.132. The SMILES string of the molecule is CC1=C(C2=Nc3ccccc3C2)C(=O)O/C1=C/C=C/C=C/C=C1\Cc2c(C)c(C)c(C)c(C)c2N1C. The molecule has 3 aliphatic heterocycles. The summed E-state index contributed by atoms with van der Waals surface area (Å²) in [6, 6.07) is 7.99. The summed E-state index contributed by atoms with van der Waals surface area (Å²) in [6.07, 6.45) is 13.6. The van der Waals surface area contributed by atoms with E-state index in [4.69, 9.17) is 4.74 Å². The van der Waals surface area contributed by atoms with Crippen molar-refractivity contribution in [3.8, 4) is 0 Å². The molecule has 2 aromatic carbocycles. The number of likely N-dealkylation sites (N-methyl/N-ethyl adjacent to an activating group) is 1. The van der Waals surface area contributed by atoms with Gasteiger partial charge in [0.1, 0.15) is 5.76 Å². The van der Waals surface area contributed by atoms with Gasteiger partial charge in [0, 0.05) is 36.8 Å². The first-order chi connectivity index (χ1) is 17.3. The lowest BCUT2D eigenvalue weighted by Gasteiger charge is -2.20. The second-order valence-electron chi connectivity index (χ2n) is 9.78. The van der Waals surface area contributed by atoms with Gasteiger partial charge in [-0.2, -0.15) is 0 Å². The van der Waals surface area contributed by atoms with Crippen LogP contribution >= 0.6 is 0 Å². The van der Waals surface area contributed by atoms with Gasteiger partial charge in [-0.05, 0) is 86.2 Å². The molecule has 0 aliphatic carbocycles. The molecule has 0 bridgehead atoms. The van der Waals surface area contributed by atoms with E-state index in [1.165, 1.54) is 39.2 Å². The molecule has 0 spiro atoms. The molecule has 3 heterocycles. The number of rotatable bonds is 4. The molecule has 0 amide bonds. The summed E-state index contributed by atoms with van der Waals surface area (Å²) in [7, 11) is 2.15. The first-order valence-electron chi connectivity index (χ1n) is 12.4. The molecule has 4 heteroatoms. The van der Waals surface area contributed by atoms with Crippen LogP contribution in [0.1, 0.15) is 40.3 Å². The summed E-state index contributed by atoms with van der Waals surface area (Å²) in [5, 5.41) is 0. The van der Waals surface area contributed by atoms with E-state index in [-0.39, 0.29) is 5.97 Å². The number of allylic oxidation sites excluding steroid dienone is 8. The Bertz CT molecular complexity index is 1480. The van der Waals surface area contributed by atoms with Crippen molar-refractivity contribution in [3.05, 3.63) is 117 Å². The molecule has 36 heavy (non-hydrogen) atoms. The van der Waals surface area contributed by atoms with Gasteiger partial charge < -0.3 is 9.64 Å². The number of aliphatic imine (C=N–C) groups is 1. The van der Waals surface area contributed by atoms with Gasteiger partial charge in [0.05, 0.1) is 17.0 Å². The minimum absolute atomic E-state index is 0.320. The number of cyclic esters (lactones) is 1. The van der Waals surface area contributed by atoms with Gasteiger partial charge >= 0.3 is 5.97 Å². The number of benzene rings is 2. The fraction of sp³-hybridized carbons (Fsp3) is 0.250. The average molecular weight is 477 g/mol. The average Bonchev–Trinajstić information content (AvgIpc) is 3.51. The van der Waals surface area contributed by atoms with Gasteiger partial charge in [0.2, 0.25) is 0 Å². The Morgan fingerprint density at radius 2 is 1.56 bits per heavy atom. The minimum atomic E-state index is -0.320. The molecule has 0 saturated carbocycles. The fourth-order valence-electron chi connectivity index (χ4n) is 5.37. The van der Waals surface area contributed by atoms with E-state index in [9.17, 15) is 4.79 Å². The number of hydrogen-bond donors (Lipinski definition) is 0. The Balaban J connectivity index is 1.28. The maximum Gasteiger partial charge on any atom is 0.345 e. The molecule has 0 radical (unpaired) electrons. The second kappa shape index (κ2) is 9.27. The number of carbonyl (C=O) groups excluding carboxylic acids is 1. The lowest BCUT2D eigenvalue weighted by atomic mass is 9.92. The van der Waals surface area contributed by atoms with Crippen molar-refractivity contribution in [2.75, 3.05) is 11.9 Å². The molecule has 3 aliphatic rings. The molecule has 0 saturated heterocycles. The molecule has 2 aromatic rings. The number of hydrogen-bond acceptors (Lipinski definition) is 4. The van der Waals surface area contributed by atoms with Crippen molar-refractivity contribution >= 4 is 23.1 Å². The second-order valence-corrected chi connectivity index (χ2v) is 9.78. The third kappa shape index (κ3) is 3.97. The van der Waals surface area contributed by atoms with Gasteiger partial charge in [-0.1, -0.05) is 42.5 Å². The van der Waals surface area contributed by atoms with Crippen LogP contribution in [-0.2, 0) is 22.4 Å². The lowest BCUT2D eigenvalue weighted by Crippen LogP contribution is -2.12. The van der Waals surface area contributed by atoms with E-state index in [0.29, 0.717) is 17.8 Å². The van der Waals surface area contributed by atoms with Crippen LogP contribution in [0.25, 0.3) is 0 Å². The predicted molar refractivity (Wildman–Crippen MR) is 148 cm³/mol. The molecule has 182 valence electrons.